The number of benzene rings is 3. The minimum absolute atomic E-state index is 0.439. The monoisotopic (exact) mass is 308 g/mol. The molecule has 3 heteroatoms. The molecule has 3 aromatic rings. The van der Waals surface area contributed by atoms with Crippen molar-refractivity contribution in [3.05, 3.63) is 61.2 Å². The quantitative estimate of drug-likeness (QED) is 0.218. The lowest BCUT2D eigenvalue weighted by molar-refractivity contribution is -0.128. The molecule has 0 atom stereocenters. The SMILES string of the molecule is C=CC(=O)Oc1c2ccccc2cc2ccc(SCC)cc12. The van der Waals surface area contributed by atoms with Crippen LogP contribution >= 0.6 is 11.8 Å². The predicted octanol–water partition coefficient (Wildman–Crippen LogP) is 5.20. The normalized spacial score (nSPS) is 10.8. The van der Waals surface area contributed by atoms with Gasteiger partial charge in [-0.15, -0.1) is 11.8 Å². The van der Waals surface area contributed by atoms with Crippen LogP contribution in [0.3, 0.4) is 0 Å². The lowest BCUT2D eigenvalue weighted by Gasteiger charge is -2.12. The van der Waals surface area contributed by atoms with Crippen LogP contribution in [0.25, 0.3) is 21.5 Å². The molecular formula is C19H16O2S. The summed E-state index contributed by atoms with van der Waals surface area (Å²) in [6.07, 6.45) is 1.19. The molecule has 0 N–H and O–H groups in total. The van der Waals surface area contributed by atoms with Gasteiger partial charge >= 0.3 is 5.97 Å². The molecule has 0 fully saturated rings. The molecule has 110 valence electrons. The van der Waals surface area contributed by atoms with E-state index >= 15 is 0 Å². The van der Waals surface area contributed by atoms with Crippen LogP contribution in [0.4, 0.5) is 0 Å². The number of carbonyl (C=O) groups is 1. The maximum Gasteiger partial charge on any atom is 0.335 e. The van der Waals surface area contributed by atoms with Gasteiger partial charge in [0, 0.05) is 21.7 Å². The Morgan fingerprint density at radius 1 is 1.14 bits per heavy atom. The summed E-state index contributed by atoms with van der Waals surface area (Å²) in [7, 11) is 0. The van der Waals surface area contributed by atoms with Crippen molar-refractivity contribution < 1.29 is 9.53 Å². The van der Waals surface area contributed by atoms with Gasteiger partial charge in [0.25, 0.3) is 0 Å². The van der Waals surface area contributed by atoms with Crippen LogP contribution in [0.1, 0.15) is 6.92 Å². The van der Waals surface area contributed by atoms with Gasteiger partial charge in [-0.2, -0.15) is 0 Å². The molecule has 0 amide bonds. The number of fused-ring (bicyclic) bond motifs is 2. The average Bonchev–Trinajstić information content (AvgIpc) is 2.55. The highest BCUT2D eigenvalue weighted by molar-refractivity contribution is 7.99. The van der Waals surface area contributed by atoms with E-state index in [1.165, 1.54) is 11.0 Å². The first-order valence-electron chi connectivity index (χ1n) is 7.15. The van der Waals surface area contributed by atoms with Gasteiger partial charge in [-0.25, -0.2) is 4.79 Å². The fourth-order valence-electron chi connectivity index (χ4n) is 2.51. The molecule has 3 rings (SSSR count). The van der Waals surface area contributed by atoms with Crippen LogP contribution < -0.4 is 4.74 Å². The molecule has 0 radical (unpaired) electrons. The molecule has 0 aliphatic rings. The number of hydrogen-bond acceptors (Lipinski definition) is 3. The predicted molar refractivity (Wildman–Crippen MR) is 93.7 cm³/mol. The highest BCUT2D eigenvalue weighted by atomic mass is 32.2. The molecular weight excluding hydrogens is 292 g/mol. The van der Waals surface area contributed by atoms with E-state index < -0.39 is 5.97 Å². The van der Waals surface area contributed by atoms with Crippen LogP contribution in [0.15, 0.2) is 66.1 Å². The maximum absolute atomic E-state index is 11.7. The zero-order chi connectivity index (χ0) is 15.5. The first kappa shape index (κ1) is 14.7. The van der Waals surface area contributed by atoms with Crippen LogP contribution in [0.5, 0.6) is 5.75 Å². The van der Waals surface area contributed by atoms with Crippen molar-refractivity contribution >= 4 is 39.3 Å². The van der Waals surface area contributed by atoms with E-state index in [1.54, 1.807) is 11.8 Å². The molecule has 0 aliphatic heterocycles. The zero-order valence-electron chi connectivity index (χ0n) is 12.3. The summed E-state index contributed by atoms with van der Waals surface area (Å²) in [5, 5.41) is 4.00. The van der Waals surface area contributed by atoms with Crippen molar-refractivity contribution in [2.45, 2.75) is 11.8 Å². The Hall–Kier alpha value is -2.26. The van der Waals surface area contributed by atoms with Crippen molar-refractivity contribution in [3.8, 4) is 5.75 Å². The zero-order valence-corrected chi connectivity index (χ0v) is 13.2. The average molecular weight is 308 g/mol. The molecule has 22 heavy (non-hydrogen) atoms. The molecule has 0 unspecified atom stereocenters. The van der Waals surface area contributed by atoms with Crippen LogP contribution in [-0.2, 0) is 4.79 Å². The first-order chi connectivity index (χ1) is 10.7. The Kier molecular flexibility index (Phi) is 4.16. The number of rotatable bonds is 4. The van der Waals surface area contributed by atoms with Crippen LogP contribution in [0, 0.1) is 0 Å². The number of thioether (sulfide) groups is 1. The third-order valence-corrected chi connectivity index (χ3v) is 4.34. The molecule has 0 bridgehead atoms. The van der Waals surface area contributed by atoms with Crippen molar-refractivity contribution in [1.29, 1.82) is 0 Å². The standard InChI is InChI=1S/C19H16O2S/c1-3-18(20)21-19-16-8-6-5-7-13(16)11-14-9-10-15(22-4-2)12-17(14)19/h3,5-12H,1,4H2,2H3. The number of hydrogen-bond donors (Lipinski definition) is 0. The van der Waals surface area contributed by atoms with Gasteiger partial charge in [0.05, 0.1) is 0 Å². The minimum atomic E-state index is -0.439. The van der Waals surface area contributed by atoms with Gasteiger partial charge in [0.1, 0.15) is 5.75 Å². The van der Waals surface area contributed by atoms with E-state index in [2.05, 4.69) is 37.8 Å². The van der Waals surface area contributed by atoms with E-state index in [4.69, 9.17) is 4.74 Å². The number of carbonyl (C=O) groups excluding carboxylic acids is 1. The Bertz CT molecular complexity index is 868. The Morgan fingerprint density at radius 3 is 2.68 bits per heavy atom. The van der Waals surface area contributed by atoms with Gasteiger partial charge in [-0.05, 0) is 34.7 Å². The summed E-state index contributed by atoms with van der Waals surface area (Å²) >= 11 is 1.77. The lowest BCUT2D eigenvalue weighted by atomic mass is 10.0. The second kappa shape index (κ2) is 6.24. The summed E-state index contributed by atoms with van der Waals surface area (Å²) in [6, 6.07) is 16.3. The topological polar surface area (TPSA) is 26.3 Å². The fraction of sp³-hybridized carbons (Fsp3) is 0.105. The highest BCUT2D eigenvalue weighted by Gasteiger charge is 2.12. The number of ether oxygens (including phenoxy) is 1. The van der Waals surface area contributed by atoms with Crippen LogP contribution in [0.2, 0.25) is 0 Å². The van der Waals surface area contributed by atoms with Gasteiger partial charge in [0.2, 0.25) is 0 Å². The Morgan fingerprint density at radius 2 is 1.91 bits per heavy atom. The third-order valence-electron chi connectivity index (χ3n) is 3.47. The largest absolute Gasteiger partial charge is 0.422 e. The highest BCUT2D eigenvalue weighted by Crippen LogP contribution is 2.37. The van der Waals surface area contributed by atoms with Gasteiger partial charge < -0.3 is 4.74 Å². The van der Waals surface area contributed by atoms with Crippen molar-refractivity contribution in [2.24, 2.45) is 0 Å². The molecule has 0 aliphatic carbocycles. The van der Waals surface area contributed by atoms with Gasteiger partial charge in [-0.1, -0.05) is 43.8 Å². The van der Waals surface area contributed by atoms with Crippen molar-refractivity contribution in [3.63, 3.8) is 0 Å². The lowest BCUT2D eigenvalue weighted by Crippen LogP contribution is -2.04. The number of esters is 1. The molecule has 0 saturated heterocycles. The Balaban J connectivity index is 2.31. The summed E-state index contributed by atoms with van der Waals surface area (Å²) in [4.78, 5) is 12.9. The summed E-state index contributed by atoms with van der Waals surface area (Å²) in [6.45, 7) is 5.60. The van der Waals surface area contributed by atoms with Crippen LogP contribution in [-0.4, -0.2) is 11.7 Å². The second-order valence-electron chi connectivity index (χ2n) is 4.87. The van der Waals surface area contributed by atoms with E-state index in [9.17, 15) is 4.79 Å². The van der Waals surface area contributed by atoms with E-state index in [0.717, 1.165) is 27.3 Å². The summed E-state index contributed by atoms with van der Waals surface area (Å²) in [5.74, 6) is 1.17. The molecule has 0 spiro atoms. The summed E-state index contributed by atoms with van der Waals surface area (Å²) in [5.41, 5.74) is 0. The van der Waals surface area contributed by atoms with E-state index in [0.29, 0.717) is 5.75 Å². The molecule has 0 heterocycles. The van der Waals surface area contributed by atoms with E-state index in [1.807, 2.05) is 24.3 Å². The van der Waals surface area contributed by atoms with Gasteiger partial charge in [0.15, 0.2) is 0 Å². The molecule has 3 aromatic carbocycles. The third kappa shape index (κ3) is 2.72. The first-order valence-corrected chi connectivity index (χ1v) is 8.14. The van der Waals surface area contributed by atoms with Gasteiger partial charge in [-0.3, -0.25) is 0 Å². The molecule has 0 aromatic heterocycles. The minimum Gasteiger partial charge on any atom is -0.422 e. The molecule has 2 nitrogen and oxygen atoms in total. The van der Waals surface area contributed by atoms with E-state index in [-0.39, 0.29) is 0 Å². The maximum atomic E-state index is 11.7. The Labute approximate surface area is 133 Å². The van der Waals surface area contributed by atoms with Crippen molar-refractivity contribution in [2.75, 3.05) is 5.75 Å². The summed E-state index contributed by atoms with van der Waals surface area (Å²) < 4.78 is 5.56. The smallest absolute Gasteiger partial charge is 0.335 e. The molecule has 0 saturated carbocycles. The second-order valence-corrected chi connectivity index (χ2v) is 6.21. The fourth-order valence-corrected chi connectivity index (χ4v) is 3.21. The van der Waals surface area contributed by atoms with Crippen molar-refractivity contribution in [1.82, 2.24) is 0 Å².